The van der Waals surface area contributed by atoms with Gasteiger partial charge in [-0.15, -0.1) is 0 Å². The number of anilines is 3. The highest BCUT2D eigenvalue weighted by atomic mass is 16.5. The number of hydrazine groups is 1. The number of nitrogen functional groups attached to an aromatic ring is 3. The third-order valence-electron chi connectivity index (χ3n) is 5.50. The van der Waals surface area contributed by atoms with Gasteiger partial charge in [0.25, 0.3) is 0 Å². The van der Waals surface area contributed by atoms with Gasteiger partial charge in [0.2, 0.25) is 0 Å². The van der Waals surface area contributed by atoms with Crippen molar-refractivity contribution in [3.05, 3.63) is 59.4 Å². The summed E-state index contributed by atoms with van der Waals surface area (Å²) in [7, 11) is 1.39. The van der Waals surface area contributed by atoms with Crippen LogP contribution in [0.3, 0.4) is 0 Å². The summed E-state index contributed by atoms with van der Waals surface area (Å²) < 4.78 is 12.7. The van der Waals surface area contributed by atoms with Gasteiger partial charge in [-0.3, -0.25) is 9.48 Å². The highest BCUT2D eigenvalue weighted by Crippen LogP contribution is 2.25. The molecule has 0 bridgehead atoms. The molecule has 4 rings (SSSR count). The van der Waals surface area contributed by atoms with Crippen LogP contribution < -0.4 is 32.8 Å². The summed E-state index contributed by atoms with van der Waals surface area (Å²) in [5.74, 6) is 6.64. The fraction of sp³-hybridized carbons (Fsp3) is 0.375. The maximum absolute atomic E-state index is 11.7. The second kappa shape index (κ2) is 12.0. The SMILES string of the molecule is CC.COC(=O)C1C[C@@H](Oc2cccc(Cn3cc(Cc4cc(N)nc(NN)c4N)cn3)c2)CN1. The van der Waals surface area contributed by atoms with E-state index in [0.29, 0.717) is 43.3 Å². The van der Waals surface area contributed by atoms with Gasteiger partial charge in [0.1, 0.15) is 23.7 Å². The monoisotopic (exact) mass is 482 g/mol. The molecule has 11 nitrogen and oxygen atoms in total. The Morgan fingerprint density at radius 1 is 1.26 bits per heavy atom. The predicted molar refractivity (Wildman–Crippen MR) is 136 cm³/mol. The Morgan fingerprint density at radius 3 is 2.80 bits per heavy atom. The number of pyridine rings is 1. The lowest BCUT2D eigenvalue weighted by Gasteiger charge is -2.14. The van der Waals surface area contributed by atoms with E-state index >= 15 is 0 Å². The van der Waals surface area contributed by atoms with Crippen molar-refractivity contribution >= 4 is 23.3 Å². The number of nitrogens with one attached hydrogen (secondary N) is 2. The van der Waals surface area contributed by atoms with E-state index in [4.69, 9.17) is 26.8 Å². The van der Waals surface area contributed by atoms with E-state index < -0.39 is 0 Å². The first-order chi connectivity index (χ1) is 16.9. The third kappa shape index (κ3) is 6.61. The van der Waals surface area contributed by atoms with Crippen LogP contribution in [0.2, 0.25) is 0 Å². The van der Waals surface area contributed by atoms with Crippen LogP contribution >= 0.6 is 0 Å². The number of methoxy groups -OCH3 is 1. The fourth-order valence-corrected chi connectivity index (χ4v) is 3.90. The summed E-state index contributed by atoms with van der Waals surface area (Å²) in [5, 5.41) is 7.58. The lowest BCUT2D eigenvalue weighted by Crippen LogP contribution is -2.31. The first kappa shape index (κ1) is 25.8. The van der Waals surface area contributed by atoms with Crippen molar-refractivity contribution in [2.75, 3.05) is 30.5 Å². The van der Waals surface area contributed by atoms with Gasteiger partial charge >= 0.3 is 5.97 Å². The Balaban J connectivity index is 0.00000167. The molecule has 0 radical (unpaired) electrons. The predicted octanol–water partition coefficient (Wildman–Crippen LogP) is 1.68. The number of nitrogens with two attached hydrogens (primary N) is 3. The molecule has 1 aliphatic heterocycles. The van der Waals surface area contributed by atoms with Crippen LogP contribution in [0, 0.1) is 0 Å². The number of esters is 1. The molecule has 1 unspecified atom stereocenters. The van der Waals surface area contributed by atoms with Crippen LogP contribution in [0.25, 0.3) is 0 Å². The number of rotatable bonds is 8. The van der Waals surface area contributed by atoms with Gasteiger partial charge in [0.15, 0.2) is 5.82 Å². The Bertz CT molecular complexity index is 1130. The van der Waals surface area contributed by atoms with Crippen LogP contribution in [-0.2, 0) is 22.5 Å². The Kier molecular flexibility index (Phi) is 8.87. The maximum atomic E-state index is 11.7. The van der Waals surface area contributed by atoms with Gasteiger partial charge in [-0.1, -0.05) is 26.0 Å². The Morgan fingerprint density at radius 2 is 2.06 bits per heavy atom. The number of hydrogen-bond acceptors (Lipinski definition) is 10. The summed E-state index contributed by atoms with van der Waals surface area (Å²) in [5.41, 5.74) is 17.7. The molecule has 35 heavy (non-hydrogen) atoms. The fourth-order valence-electron chi connectivity index (χ4n) is 3.90. The topological polar surface area (TPSA) is 168 Å². The lowest BCUT2D eigenvalue weighted by atomic mass is 10.1. The molecule has 0 aliphatic carbocycles. The number of nitrogens with zero attached hydrogens (tertiary/aromatic N) is 3. The van der Waals surface area contributed by atoms with Gasteiger partial charge in [0.05, 0.1) is 25.5 Å². The van der Waals surface area contributed by atoms with E-state index in [-0.39, 0.29) is 18.1 Å². The molecule has 1 fully saturated rings. The van der Waals surface area contributed by atoms with Gasteiger partial charge in [-0.05, 0) is 34.9 Å². The number of benzene rings is 1. The van der Waals surface area contributed by atoms with Crippen molar-refractivity contribution in [2.45, 2.75) is 45.4 Å². The molecular weight excluding hydrogens is 448 g/mol. The van der Waals surface area contributed by atoms with Crippen molar-refractivity contribution in [2.24, 2.45) is 5.84 Å². The molecule has 0 saturated carbocycles. The highest BCUT2D eigenvalue weighted by Gasteiger charge is 2.31. The number of hydrogen-bond donors (Lipinski definition) is 5. The standard InChI is InChI=1S/C22H28N8O3.C2H6/c1-32-22(31)18-8-17(10-26-18)33-16-4-2-3-13(6-16)11-30-12-14(9-27-30)5-15-7-19(23)28-21(29-25)20(15)24;1-2/h2-4,6-7,9,12,17-18,26H,5,8,10-11,24-25H2,1H3,(H3,23,28,29);1-2H3/t17-,18?;/m1./s1. The number of carbonyl (C=O) groups excluding carboxylic acids is 1. The minimum absolute atomic E-state index is 0.0909. The normalized spacial score (nSPS) is 16.8. The average molecular weight is 483 g/mol. The minimum atomic E-state index is -0.327. The first-order valence-corrected chi connectivity index (χ1v) is 11.5. The zero-order valence-electron chi connectivity index (χ0n) is 20.3. The van der Waals surface area contributed by atoms with E-state index in [1.807, 2.05) is 49.0 Å². The van der Waals surface area contributed by atoms with E-state index in [1.54, 1.807) is 12.3 Å². The molecule has 0 amide bonds. The summed E-state index contributed by atoms with van der Waals surface area (Å²) in [6.45, 7) is 5.17. The van der Waals surface area contributed by atoms with E-state index in [1.165, 1.54) is 7.11 Å². The smallest absolute Gasteiger partial charge is 0.323 e. The Hall–Kier alpha value is -3.83. The molecule has 11 heteroatoms. The van der Waals surface area contributed by atoms with E-state index in [9.17, 15) is 4.79 Å². The highest BCUT2D eigenvalue weighted by molar-refractivity contribution is 5.76. The first-order valence-electron chi connectivity index (χ1n) is 11.5. The molecule has 1 saturated heterocycles. The van der Waals surface area contributed by atoms with Crippen LogP contribution in [0.1, 0.15) is 37.0 Å². The molecular formula is C24H34N8O3. The van der Waals surface area contributed by atoms with E-state index in [0.717, 1.165) is 22.4 Å². The minimum Gasteiger partial charge on any atom is -0.489 e. The second-order valence-electron chi connectivity index (χ2n) is 7.94. The van der Waals surface area contributed by atoms with Gasteiger partial charge in [0, 0.05) is 25.6 Å². The summed E-state index contributed by atoms with van der Waals surface area (Å²) in [6.07, 6.45) is 4.78. The van der Waals surface area contributed by atoms with Gasteiger partial charge < -0.3 is 31.7 Å². The van der Waals surface area contributed by atoms with Crippen molar-refractivity contribution < 1.29 is 14.3 Å². The molecule has 1 aromatic carbocycles. The molecule has 0 spiro atoms. The van der Waals surface area contributed by atoms with Crippen LogP contribution in [-0.4, -0.2) is 46.5 Å². The molecule has 3 heterocycles. The zero-order chi connectivity index (χ0) is 25.4. The molecule has 1 aliphatic rings. The van der Waals surface area contributed by atoms with Crippen molar-refractivity contribution in [1.82, 2.24) is 20.1 Å². The van der Waals surface area contributed by atoms with Crippen LogP contribution in [0.5, 0.6) is 5.75 Å². The molecule has 2 atom stereocenters. The Labute approximate surface area is 205 Å². The zero-order valence-corrected chi connectivity index (χ0v) is 20.3. The van der Waals surface area contributed by atoms with Gasteiger partial charge in [-0.2, -0.15) is 5.10 Å². The lowest BCUT2D eigenvalue weighted by molar-refractivity contribution is -0.142. The van der Waals surface area contributed by atoms with Crippen molar-refractivity contribution in [1.29, 1.82) is 0 Å². The summed E-state index contributed by atoms with van der Waals surface area (Å²) in [4.78, 5) is 15.8. The molecule has 3 aromatic rings. The van der Waals surface area contributed by atoms with Gasteiger partial charge in [-0.25, -0.2) is 10.8 Å². The second-order valence-corrected chi connectivity index (χ2v) is 7.94. The quantitative estimate of drug-likeness (QED) is 0.181. The summed E-state index contributed by atoms with van der Waals surface area (Å²) >= 11 is 0. The summed E-state index contributed by atoms with van der Waals surface area (Å²) in [6, 6.07) is 9.25. The molecule has 8 N–H and O–H groups in total. The number of carbonyl (C=O) groups is 1. The van der Waals surface area contributed by atoms with Crippen molar-refractivity contribution in [3.63, 3.8) is 0 Å². The van der Waals surface area contributed by atoms with Crippen LogP contribution in [0.15, 0.2) is 42.7 Å². The van der Waals surface area contributed by atoms with Crippen LogP contribution in [0.4, 0.5) is 17.3 Å². The molecule has 2 aromatic heterocycles. The molecule has 188 valence electrons. The maximum Gasteiger partial charge on any atom is 0.323 e. The number of aromatic nitrogens is 3. The van der Waals surface area contributed by atoms with E-state index in [2.05, 4.69) is 20.8 Å². The largest absolute Gasteiger partial charge is 0.489 e. The van der Waals surface area contributed by atoms with Crippen molar-refractivity contribution in [3.8, 4) is 5.75 Å². The average Bonchev–Trinajstić information content (AvgIpc) is 3.51. The third-order valence-corrected chi connectivity index (χ3v) is 5.50. The number of ether oxygens (including phenoxy) is 2.